The van der Waals surface area contributed by atoms with Gasteiger partial charge >= 0.3 is 0 Å². The van der Waals surface area contributed by atoms with E-state index in [2.05, 4.69) is 31.9 Å². The number of halogens is 3. The fraction of sp³-hybridized carbons (Fsp3) is 0.133. The van der Waals surface area contributed by atoms with E-state index in [0.717, 1.165) is 10.0 Å². The van der Waals surface area contributed by atoms with Gasteiger partial charge in [-0.1, -0.05) is 31.9 Å². The van der Waals surface area contributed by atoms with Gasteiger partial charge in [0, 0.05) is 15.4 Å². The summed E-state index contributed by atoms with van der Waals surface area (Å²) in [6.07, 6.45) is 0. The normalized spacial score (nSPS) is 10.1. The lowest BCUT2D eigenvalue weighted by Gasteiger charge is -2.09. The third-order valence-corrected chi connectivity index (χ3v) is 4.12. The Kier molecular flexibility index (Phi) is 5.16. The molecule has 0 heterocycles. The fourth-order valence-corrected chi connectivity index (χ4v) is 2.92. The summed E-state index contributed by atoms with van der Waals surface area (Å²) in [4.78, 5) is 0. The highest BCUT2D eigenvalue weighted by atomic mass is 79.9. The molecule has 0 unspecified atom stereocenters. The van der Waals surface area contributed by atoms with Crippen molar-refractivity contribution in [2.24, 2.45) is 0 Å². The molecule has 2 aromatic rings. The summed E-state index contributed by atoms with van der Waals surface area (Å²) < 4.78 is 19.8. The number of nitriles is 1. The summed E-state index contributed by atoms with van der Waals surface area (Å²) >= 11 is 6.83. The molecule has 102 valence electrons. The molecule has 0 fully saturated rings. The van der Waals surface area contributed by atoms with E-state index in [1.54, 1.807) is 0 Å². The topological polar surface area (TPSA) is 33.0 Å². The van der Waals surface area contributed by atoms with Crippen LogP contribution in [0.25, 0.3) is 0 Å². The van der Waals surface area contributed by atoms with Gasteiger partial charge in [0.05, 0.1) is 11.6 Å². The molecule has 0 bridgehead atoms. The van der Waals surface area contributed by atoms with E-state index >= 15 is 0 Å². The minimum atomic E-state index is -0.375. The molecule has 0 aliphatic heterocycles. The van der Waals surface area contributed by atoms with Crippen LogP contribution in [0.3, 0.4) is 0 Å². The monoisotopic (exact) mass is 397 g/mol. The molecule has 0 aliphatic carbocycles. The number of alkyl halides is 1. The summed E-state index contributed by atoms with van der Waals surface area (Å²) in [5.74, 6) is 0.301. The molecule has 0 atom stereocenters. The minimum Gasteiger partial charge on any atom is -0.489 e. The molecule has 0 aliphatic rings. The van der Waals surface area contributed by atoms with Gasteiger partial charge in [-0.15, -0.1) is 0 Å². The van der Waals surface area contributed by atoms with Crippen LogP contribution in [0.15, 0.2) is 40.9 Å². The van der Waals surface area contributed by atoms with Gasteiger partial charge in [-0.2, -0.15) is 5.26 Å². The molecule has 0 aromatic heterocycles. The fourth-order valence-electron chi connectivity index (χ4n) is 1.70. The van der Waals surface area contributed by atoms with Crippen LogP contribution in [0, 0.1) is 17.1 Å². The first-order valence-electron chi connectivity index (χ1n) is 5.79. The van der Waals surface area contributed by atoms with E-state index in [1.165, 1.54) is 18.2 Å². The molecule has 0 N–H and O–H groups in total. The van der Waals surface area contributed by atoms with Crippen LogP contribution < -0.4 is 4.74 Å². The molecule has 0 amide bonds. The zero-order valence-corrected chi connectivity index (χ0v) is 13.5. The first-order valence-corrected chi connectivity index (χ1v) is 7.71. The summed E-state index contributed by atoms with van der Waals surface area (Å²) in [6, 6.07) is 11.7. The van der Waals surface area contributed by atoms with E-state index in [4.69, 9.17) is 10.00 Å². The molecule has 2 aromatic carbocycles. The van der Waals surface area contributed by atoms with Crippen LogP contribution in [-0.2, 0) is 11.9 Å². The third-order valence-electron chi connectivity index (χ3n) is 2.74. The quantitative estimate of drug-likeness (QED) is 0.683. The second-order valence-electron chi connectivity index (χ2n) is 4.09. The van der Waals surface area contributed by atoms with E-state index in [1.807, 2.05) is 24.3 Å². The summed E-state index contributed by atoms with van der Waals surface area (Å²) in [6.45, 7) is 0.157. The van der Waals surface area contributed by atoms with Gasteiger partial charge in [0.25, 0.3) is 0 Å². The van der Waals surface area contributed by atoms with E-state index < -0.39 is 0 Å². The van der Waals surface area contributed by atoms with Crippen molar-refractivity contribution in [1.82, 2.24) is 0 Å². The molecule has 0 saturated carbocycles. The smallest absolute Gasteiger partial charge is 0.123 e. The van der Waals surface area contributed by atoms with Crippen molar-refractivity contribution in [3.8, 4) is 11.8 Å². The van der Waals surface area contributed by atoms with Crippen molar-refractivity contribution in [2.75, 3.05) is 0 Å². The Balaban J connectivity index is 2.17. The van der Waals surface area contributed by atoms with Crippen molar-refractivity contribution in [2.45, 2.75) is 11.9 Å². The summed E-state index contributed by atoms with van der Waals surface area (Å²) in [5.41, 5.74) is 2.02. The lowest BCUT2D eigenvalue weighted by Crippen LogP contribution is -1.99. The number of nitrogens with zero attached hydrogens (tertiary/aromatic N) is 1. The highest BCUT2D eigenvalue weighted by molar-refractivity contribution is 9.10. The maximum absolute atomic E-state index is 13.2. The van der Waals surface area contributed by atoms with Gasteiger partial charge in [-0.3, -0.25) is 0 Å². The Bertz CT molecular complexity index is 667. The minimum absolute atomic E-state index is 0.157. The van der Waals surface area contributed by atoms with Crippen molar-refractivity contribution < 1.29 is 9.13 Å². The second kappa shape index (κ2) is 6.87. The molecule has 0 radical (unpaired) electrons. The average molecular weight is 399 g/mol. The summed E-state index contributed by atoms with van der Waals surface area (Å²) in [5, 5.41) is 9.69. The highest BCUT2D eigenvalue weighted by Gasteiger charge is 2.06. The van der Waals surface area contributed by atoms with Crippen molar-refractivity contribution >= 4 is 31.9 Å². The number of ether oxygens (including phenoxy) is 1. The Morgan fingerprint density at radius 2 is 1.95 bits per heavy atom. The van der Waals surface area contributed by atoms with E-state index in [9.17, 15) is 4.39 Å². The first kappa shape index (κ1) is 15.0. The molecule has 2 rings (SSSR count). The molecular formula is C15H10Br2FNO. The first-order chi connectivity index (χ1) is 9.63. The van der Waals surface area contributed by atoms with Gasteiger partial charge in [0.1, 0.15) is 18.2 Å². The van der Waals surface area contributed by atoms with Crippen LogP contribution in [-0.4, -0.2) is 0 Å². The van der Waals surface area contributed by atoms with Crippen LogP contribution in [0.1, 0.15) is 16.7 Å². The van der Waals surface area contributed by atoms with Crippen molar-refractivity contribution in [3.05, 3.63) is 63.4 Å². The molecule has 2 nitrogen and oxygen atoms in total. The lowest BCUT2D eigenvalue weighted by molar-refractivity contribution is 0.305. The predicted octanol–water partition coefficient (Wildman–Crippen LogP) is 4.93. The van der Waals surface area contributed by atoms with Crippen LogP contribution in [0.5, 0.6) is 5.75 Å². The SMILES string of the molecule is N#Cc1ccc(F)cc1COc1ccc(Br)c(CBr)c1. The van der Waals surface area contributed by atoms with Gasteiger partial charge in [-0.05, 0) is 42.0 Å². The zero-order chi connectivity index (χ0) is 14.5. The molecule has 0 saturated heterocycles. The van der Waals surface area contributed by atoms with Crippen molar-refractivity contribution in [1.29, 1.82) is 5.26 Å². The molecule has 5 heteroatoms. The Morgan fingerprint density at radius 1 is 1.15 bits per heavy atom. The Morgan fingerprint density at radius 3 is 2.65 bits per heavy atom. The standard InChI is InChI=1S/C15H10Br2FNO/c16-7-11-6-14(3-4-15(11)17)20-9-12-5-13(18)2-1-10(12)8-19/h1-6H,7,9H2. The zero-order valence-electron chi connectivity index (χ0n) is 10.4. The maximum Gasteiger partial charge on any atom is 0.123 e. The molecule has 0 spiro atoms. The van der Waals surface area contributed by atoms with Crippen molar-refractivity contribution in [3.63, 3.8) is 0 Å². The van der Waals surface area contributed by atoms with Crippen LogP contribution in [0.2, 0.25) is 0 Å². The van der Waals surface area contributed by atoms with Crippen LogP contribution in [0.4, 0.5) is 4.39 Å². The maximum atomic E-state index is 13.2. The van der Waals surface area contributed by atoms with Gasteiger partial charge < -0.3 is 4.74 Å². The third kappa shape index (κ3) is 3.59. The van der Waals surface area contributed by atoms with Gasteiger partial charge in [0.15, 0.2) is 0 Å². The second-order valence-corrected chi connectivity index (χ2v) is 5.50. The molecular weight excluding hydrogens is 389 g/mol. The number of hydrogen-bond donors (Lipinski definition) is 0. The number of hydrogen-bond acceptors (Lipinski definition) is 2. The van der Waals surface area contributed by atoms with Gasteiger partial charge in [0.2, 0.25) is 0 Å². The van der Waals surface area contributed by atoms with Crippen LogP contribution >= 0.6 is 31.9 Å². The Labute approximate surface area is 133 Å². The molecule has 20 heavy (non-hydrogen) atoms. The largest absolute Gasteiger partial charge is 0.489 e. The van der Waals surface area contributed by atoms with Gasteiger partial charge in [-0.25, -0.2) is 4.39 Å². The number of benzene rings is 2. The summed E-state index contributed by atoms with van der Waals surface area (Å²) in [7, 11) is 0. The number of rotatable bonds is 4. The average Bonchev–Trinajstić information content (AvgIpc) is 2.46. The Hall–Kier alpha value is -1.38. The lowest BCUT2D eigenvalue weighted by atomic mass is 10.1. The predicted molar refractivity (Wildman–Crippen MR) is 82.2 cm³/mol. The highest BCUT2D eigenvalue weighted by Crippen LogP contribution is 2.25. The van der Waals surface area contributed by atoms with E-state index in [-0.39, 0.29) is 12.4 Å². The van der Waals surface area contributed by atoms with E-state index in [0.29, 0.717) is 22.2 Å².